The summed E-state index contributed by atoms with van der Waals surface area (Å²) in [5, 5.41) is 0.130. The molecule has 0 fully saturated rings. The first-order valence-electron chi connectivity index (χ1n) is 7.76. The molecule has 2 aromatic carbocycles. The third-order valence-corrected chi connectivity index (χ3v) is 4.33. The van der Waals surface area contributed by atoms with Gasteiger partial charge in [-0.25, -0.2) is 17.6 Å². The highest BCUT2D eigenvalue weighted by Crippen LogP contribution is 2.42. The first-order chi connectivity index (χ1) is 12.4. The van der Waals surface area contributed by atoms with Gasteiger partial charge in [-0.1, -0.05) is 54.6 Å². The lowest BCUT2D eigenvalue weighted by Gasteiger charge is -2.34. The average molecular weight is 380 g/mol. The zero-order valence-corrected chi connectivity index (χ0v) is 14.3. The zero-order valence-electron chi connectivity index (χ0n) is 13.5. The van der Waals surface area contributed by atoms with E-state index >= 15 is 0 Å². The minimum Gasteiger partial charge on any atom is -0.334 e. The molecule has 1 aliphatic rings. The molecule has 26 heavy (non-hydrogen) atoms. The van der Waals surface area contributed by atoms with Crippen molar-refractivity contribution in [3.63, 3.8) is 0 Å². The molecule has 0 spiro atoms. The quantitative estimate of drug-likeness (QED) is 0.584. The van der Waals surface area contributed by atoms with Crippen LogP contribution in [0.2, 0.25) is 0 Å². The summed E-state index contributed by atoms with van der Waals surface area (Å²) in [6, 6.07) is 12.0. The molecule has 1 aliphatic heterocycles. The lowest BCUT2D eigenvalue weighted by molar-refractivity contribution is 0.123. The summed E-state index contributed by atoms with van der Waals surface area (Å²) in [4.78, 5) is 1.07. The van der Waals surface area contributed by atoms with E-state index in [2.05, 4.69) is 6.58 Å². The Morgan fingerprint density at radius 3 is 2.15 bits per heavy atom. The minimum atomic E-state index is -2.75. The fourth-order valence-electron chi connectivity index (χ4n) is 2.86. The number of benzene rings is 2. The van der Waals surface area contributed by atoms with Gasteiger partial charge in [-0.2, -0.15) is 0 Å². The Morgan fingerprint density at radius 2 is 1.58 bits per heavy atom. The van der Waals surface area contributed by atoms with Gasteiger partial charge in [0.05, 0.1) is 28.5 Å². The van der Waals surface area contributed by atoms with Gasteiger partial charge in [-0.3, -0.25) is 0 Å². The van der Waals surface area contributed by atoms with E-state index in [0.717, 1.165) is 17.0 Å². The van der Waals surface area contributed by atoms with Crippen LogP contribution in [0, 0.1) is 11.6 Å². The van der Waals surface area contributed by atoms with Crippen LogP contribution in [-0.4, -0.2) is 17.9 Å². The fraction of sp³-hybridized carbons (Fsp3) is 0.100. The molecule has 0 aromatic heterocycles. The van der Waals surface area contributed by atoms with Gasteiger partial charge in [0.15, 0.2) is 0 Å². The van der Waals surface area contributed by atoms with Crippen LogP contribution >= 0.6 is 11.6 Å². The second kappa shape index (κ2) is 7.38. The van der Waals surface area contributed by atoms with Crippen molar-refractivity contribution >= 4 is 22.9 Å². The predicted molar refractivity (Wildman–Crippen MR) is 95.4 cm³/mol. The van der Waals surface area contributed by atoms with Crippen molar-refractivity contribution in [1.82, 2.24) is 4.90 Å². The van der Waals surface area contributed by atoms with Crippen LogP contribution in [0.15, 0.2) is 71.9 Å². The second-order valence-electron chi connectivity index (χ2n) is 5.67. The minimum absolute atomic E-state index is 0.0264. The molecule has 0 radical (unpaired) electrons. The van der Waals surface area contributed by atoms with Crippen molar-refractivity contribution in [3.05, 3.63) is 94.7 Å². The summed E-state index contributed by atoms with van der Waals surface area (Å²) in [5.41, 5.74) is 0.571. The van der Waals surface area contributed by atoms with Crippen molar-refractivity contribution in [2.45, 2.75) is 6.43 Å². The maximum absolute atomic E-state index is 14.5. The maximum Gasteiger partial charge on any atom is 0.256 e. The Labute approximate surface area is 153 Å². The Balaban J connectivity index is 2.35. The van der Waals surface area contributed by atoms with Crippen LogP contribution < -0.4 is 0 Å². The lowest BCUT2D eigenvalue weighted by atomic mass is 9.94. The summed E-state index contributed by atoms with van der Waals surface area (Å²) in [5.74, 6) is -1.71. The standard InChI is InChI=1S/C20H14ClF4N/c1-12-15(21)10-14(13-6-3-2-4-7-13)20(26(12)11-18(24)25)19-16(22)8-5-9-17(19)23/h2-10,18H,1,11H2. The summed E-state index contributed by atoms with van der Waals surface area (Å²) in [6.07, 6.45) is -1.27. The summed E-state index contributed by atoms with van der Waals surface area (Å²) in [6.45, 7) is 2.92. The largest absolute Gasteiger partial charge is 0.334 e. The molecule has 0 saturated heterocycles. The molecular weight excluding hydrogens is 366 g/mol. The molecule has 0 bridgehead atoms. The normalized spacial score (nSPS) is 14.9. The number of allylic oxidation sites excluding steroid dienone is 3. The third-order valence-electron chi connectivity index (χ3n) is 4.00. The van der Waals surface area contributed by atoms with Gasteiger partial charge in [-0.15, -0.1) is 0 Å². The molecule has 0 atom stereocenters. The smallest absolute Gasteiger partial charge is 0.256 e. The molecule has 0 amide bonds. The maximum atomic E-state index is 14.5. The van der Waals surface area contributed by atoms with Crippen LogP contribution in [0.1, 0.15) is 11.1 Å². The van der Waals surface area contributed by atoms with E-state index in [4.69, 9.17) is 11.6 Å². The highest BCUT2D eigenvalue weighted by atomic mass is 35.5. The number of alkyl halides is 2. The van der Waals surface area contributed by atoms with E-state index in [1.807, 2.05) is 0 Å². The van der Waals surface area contributed by atoms with E-state index in [9.17, 15) is 17.6 Å². The number of rotatable bonds is 4. The van der Waals surface area contributed by atoms with Gasteiger partial charge >= 0.3 is 0 Å². The van der Waals surface area contributed by atoms with Crippen molar-refractivity contribution in [2.24, 2.45) is 0 Å². The van der Waals surface area contributed by atoms with Crippen molar-refractivity contribution in [1.29, 1.82) is 0 Å². The molecule has 0 unspecified atom stereocenters. The molecule has 0 N–H and O–H groups in total. The molecule has 1 heterocycles. The third kappa shape index (κ3) is 3.40. The number of nitrogens with zero attached hydrogens (tertiary/aromatic N) is 1. The molecule has 2 aromatic rings. The summed E-state index contributed by atoms with van der Waals surface area (Å²) < 4.78 is 55.3. The average Bonchev–Trinajstić information content (AvgIpc) is 2.60. The Morgan fingerprint density at radius 1 is 0.962 bits per heavy atom. The van der Waals surface area contributed by atoms with Gasteiger partial charge in [0.25, 0.3) is 6.43 Å². The number of hydrogen-bond acceptors (Lipinski definition) is 1. The SMILES string of the molecule is C=C1C(Cl)=CC(c2ccccc2)=C(c2c(F)cccc2F)N1CC(F)F. The van der Waals surface area contributed by atoms with Gasteiger partial charge in [0, 0.05) is 5.57 Å². The first-order valence-corrected chi connectivity index (χ1v) is 8.14. The van der Waals surface area contributed by atoms with Gasteiger partial charge in [-0.05, 0) is 23.8 Å². The molecular formula is C20H14ClF4N. The molecule has 1 nitrogen and oxygen atoms in total. The van der Waals surface area contributed by atoms with E-state index in [0.29, 0.717) is 11.1 Å². The van der Waals surface area contributed by atoms with Crippen LogP contribution in [0.25, 0.3) is 11.3 Å². The Kier molecular flexibility index (Phi) is 5.18. The van der Waals surface area contributed by atoms with Crippen molar-refractivity contribution < 1.29 is 17.6 Å². The van der Waals surface area contributed by atoms with Gasteiger partial charge in [0.1, 0.15) is 11.6 Å². The molecule has 0 saturated carbocycles. The fourth-order valence-corrected chi connectivity index (χ4v) is 3.07. The van der Waals surface area contributed by atoms with Gasteiger partial charge < -0.3 is 4.90 Å². The highest BCUT2D eigenvalue weighted by molar-refractivity contribution is 6.33. The van der Waals surface area contributed by atoms with E-state index in [-0.39, 0.29) is 16.4 Å². The summed E-state index contributed by atoms with van der Waals surface area (Å²) in [7, 11) is 0. The number of hydrogen-bond donors (Lipinski definition) is 0. The molecule has 6 heteroatoms. The van der Waals surface area contributed by atoms with Crippen molar-refractivity contribution in [3.8, 4) is 0 Å². The predicted octanol–water partition coefficient (Wildman–Crippen LogP) is 6.05. The topological polar surface area (TPSA) is 3.24 Å². The van der Waals surface area contributed by atoms with Crippen LogP contribution in [-0.2, 0) is 0 Å². The Bertz CT molecular complexity index is 883. The van der Waals surface area contributed by atoms with Crippen LogP contribution in [0.4, 0.5) is 17.6 Å². The Hall–Kier alpha value is -2.53. The molecule has 3 rings (SSSR count). The molecule has 134 valence electrons. The van der Waals surface area contributed by atoms with Crippen LogP contribution in [0.5, 0.6) is 0 Å². The highest BCUT2D eigenvalue weighted by Gasteiger charge is 2.31. The second-order valence-corrected chi connectivity index (χ2v) is 6.07. The van der Waals surface area contributed by atoms with E-state index < -0.39 is 30.2 Å². The van der Waals surface area contributed by atoms with Crippen LogP contribution in [0.3, 0.4) is 0 Å². The zero-order chi connectivity index (χ0) is 18.8. The van der Waals surface area contributed by atoms with E-state index in [1.54, 1.807) is 30.3 Å². The molecule has 0 aliphatic carbocycles. The first kappa shape index (κ1) is 18.3. The number of halogens is 5. The lowest BCUT2D eigenvalue weighted by Crippen LogP contribution is -2.30. The summed E-state index contributed by atoms with van der Waals surface area (Å²) >= 11 is 6.18. The van der Waals surface area contributed by atoms with Crippen molar-refractivity contribution in [2.75, 3.05) is 6.54 Å². The van der Waals surface area contributed by atoms with E-state index in [1.165, 1.54) is 12.1 Å². The van der Waals surface area contributed by atoms with Gasteiger partial charge in [0.2, 0.25) is 0 Å². The monoisotopic (exact) mass is 379 g/mol.